The van der Waals surface area contributed by atoms with Gasteiger partial charge >= 0.3 is 0 Å². The van der Waals surface area contributed by atoms with Gasteiger partial charge in [-0.15, -0.1) is 0 Å². The van der Waals surface area contributed by atoms with Crippen LogP contribution in [0.25, 0.3) is 0 Å². The lowest BCUT2D eigenvalue weighted by molar-refractivity contribution is -0.126. The SMILES string of the molecule is CC1CCCC(C(=O)NCC(O)c2cccc(OC(C)C)c2)C1. The van der Waals surface area contributed by atoms with E-state index in [1.165, 1.54) is 6.42 Å². The van der Waals surface area contributed by atoms with Crippen LogP contribution < -0.4 is 10.1 Å². The molecule has 1 amide bonds. The predicted octanol–water partition coefficient (Wildman–Crippen LogP) is 3.45. The number of aliphatic hydroxyl groups excluding tert-OH is 1. The first kappa shape index (κ1) is 17.8. The second kappa shape index (κ2) is 8.34. The number of nitrogens with one attached hydrogen (secondary N) is 1. The molecule has 128 valence electrons. The first-order valence-corrected chi connectivity index (χ1v) is 8.68. The summed E-state index contributed by atoms with van der Waals surface area (Å²) in [5.41, 5.74) is 0.764. The first-order valence-electron chi connectivity index (χ1n) is 8.68. The first-order chi connectivity index (χ1) is 11.0. The van der Waals surface area contributed by atoms with Crippen LogP contribution in [0.1, 0.15) is 58.1 Å². The molecular formula is C19H29NO3. The molecule has 0 aliphatic heterocycles. The van der Waals surface area contributed by atoms with Gasteiger partial charge in [0.25, 0.3) is 0 Å². The van der Waals surface area contributed by atoms with E-state index in [4.69, 9.17) is 4.74 Å². The highest BCUT2D eigenvalue weighted by Gasteiger charge is 2.25. The molecule has 1 fully saturated rings. The topological polar surface area (TPSA) is 58.6 Å². The Morgan fingerprint density at radius 3 is 2.87 bits per heavy atom. The summed E-state index contributed by atoms with van der Waals surface area (Å²) in [6.45, 7) is 6.38. The summed E-state index contributed by atoms with van der Waals surface area (Å²) in [4.78, 5) is 12.2. The molecule has 0 radical (unpaired) electrons. The molecule has 4 heteroatoms. The number of benzene rings is 1. The quantitative estimate of drug-likeness (QED) is 0.844. The van der Waals surface area contributed by atoms with Crippen LogP contribution in [0.3, 0.4) is 0 Å². The van der Waals surface area contributed by atoms with Gasteiger partial charge in [-0.25, -0.2) is 0 Å². The molecule has 1 aromatic carbocycles. The average molecular weight is 319 g/mol. The molecule has 0 saturated heterocycles. The highest BCUT2D eigenvalue weighted by Crippen LogP contribution is 2.28. The summed E-state index contributed by atoms with van der Waals surface area (Å²) in [5, 5.41) is 13.2. The minimum atomic E-state index is -0.712. The van der Waals surface area contributed by atoms with Crippen molar-refractivity contribution in [2.45, 2.75) is 58.7 Å². The Morgan fingerprint density at radius 1 is 1.39 bits per heavy atom. The maximum Gasteiger partial charge on any atom is 0.223 e. The Labute approximate surface area is 139 Å². The van der Waals surface area contributed by atoms with Gasteiger partial charge in [0.1, 0.15) is 5.75 Å². The average Bonchev–Trinajstić information content (AvgIpc) is 2.52. The zero-order chi connectivity index (χ0) is 16.8. The molecule has 1 aliphatic carbocycles. The number of carbonyl (C=O) groups is 1. The van der Waals surface area contributed by atoms with Gasteiger partial charge < -0.3 is 15.2 Å². The third kappa shape index (κ3) is 5.54. The molecule has 1 aliphatic rings. The molecule has 0 spiro atoms. The van der Waals surface area contributed by atoms with E-state index in [1.807, 2.05) is 38.1 Å². The molecule has 2 rings (SSSR count). The van der Waals surface area contributed by atoms with Crippen LogP contribution in [0.15, 0.2) is 24.3 Å². The van der Waals surface area contributed by atoms with Crippen LogP contribution in [0.4, 0.5) is 0 Å². The summed E-state index contributed by atoms with van der Waals surface area (Å²) in [6, 6.07) is 7.42. The number of aliphatic hydroxyl groups is 1. The minimum absolute atomic E-state index is 0.0742. The van der Waals surface area contributed by atoms with Crippen LogP contribution >= 0.6 is 0 Å². The van der Waals surface area contributed by atoms with E-state index in [9.17, 15) is 9.90 Å². The van der Waals surface area contributed by atoms with E-state index in [1.54, 1.807) is 0 Å². The normalized spacial score (nSPS) is 22.7. The smallest absolute Gasteiger partial charge is 0.223 e. The molecule has 1 aromatic rings. The fraction of sp³-hybridized carbons (Fsp3) is 0.632. The van der Waals surface area contributed by atoms with Crippen molar-refractivity contribution in [3.63, 3.8) is 0 Å². The minimum Gasteiger partial charge on any atom is -0.491 e. The number of hydrogen-bond acceptors (Lipinski definition) is 3. The predicted molar refractivity (Wildman–Crippen MR) is 91.3 cm³/mol. The largest absolute Gasteiger partial charge is 0.491 e. The van der Waals surface area contributed by atoms with Crippen molar-refractivity contribution in [3.8, 4) is 5.75 Å². The van der Waals surface area contributed by atoms with Gasteiger partial charge in [0.2, 0.25) is 5.91 Å². The van der Waals surface area contributed by atoms with Crippen molar-refractivity contribution in [1.82, 2.24) is 5.32 Å². The monoisotopic (exact) mass is 319 g/mol. The summed E-state index contributed by atoms with van der Waals surface area (Å²) >= 11 is 0. The molecule has 0 heterocycles. The molecule has 0 aromatic heterocycles. The number of carbonyl (C=O) groups excluding carboxylic acids is 1. The van der Waals surface area contributed by atoms with Crippen molar-refractivity contribution in [2.24, 2.45) is 11.8 Å². The number of ether oxygens (including phenoxy) is 1. The van der Waals surface area contributed by atoms with Crippen LogP contribution in [0.5, 0.6) is 5.75 Å². The van der Waals surface area contributed by atoms with Crippen molar-refractivity contribution in [3.05, 3.63) is 29.8 Å². The van der Waals surface area contributed by atoms with Gasteiger partial charge in [-0.3, -0.25) is 4.79 Å². The van der Waals surface area contributed by atoms with Crippen LogP contribution in [-0.2, 0) is 4.79 Å². The fourth-order valence-corrected chi connectivity index (χ4v) is 3.20. The molecule has 1 saturated carbocycles. The molecule has 3 unspecified atom stereocenters. The maximum absolute atomic E-state index is 12.2. The van der Waals surface area contributed by atoms with Crippen molar-refractivity contribution >= 4 is 5.91 Å². The Kier molecular flexibility index (Phi) is 6.46. The maximum atomic E-state index is 12.2. The zero-order valence-corrected chi connectivity index (χ0v) is 14.4. The van der Waals surface area contributed by atoms with Gasteiger partial charge in [0.05, 0.1) is 12.2 Å². The summed E-state index contributed by atoms with van der Waals surface area (Å²) in [7, 11) is 0. The molecule has 4 nitrogen and oxygen atoms in total. The Hall–Kier alpha value is -1.55. The lowest BCUT2D eigenvalue weighted by Gasteiger charge is -2.26. The van der Waals surface area contributed by atoms with Crippen LogP contribution in [-0.4, -0.2) is 23.7 Å². The third-order valence-corrected chi connectivity index (χ3v) is 4.39. The van der Waals surface area contributed by atoms with E-state index in [0.717, 1.165) is 30.6 Å². The van der Waals surface area contributed by atoms with E-state index in [0.29, 0.717) is 5.92 Å². The Bertz CT molecular complexity index is 515. The fourth-order valence-electron chi connectivity index (χ4n) is 3.20. The molecule has 0 bridgehead atoms. The number of amides is 1. The second-order valence-electron chi connectivity index (χ2n) is 6.97. The molecule has 23 heavy (non-hydrogen) atoms. The standard InChI is InChI=1S/C19H29NO3/c1-13(2)23-17-9-5-7-15(11-17)18(21)12-20-19(22)16-8-4-6-14(3)10-16/h5,7,9,11,13-14,16,18,21H,4,6,8,10,12H2,1-3H3,(H,20,22). The van der Waals surface area contributed by atoms with Gasteiger partial charge in [0.15, 0.2) is 0 Å². The Morgan fingerprint density at radius 2 is 2.17 bits per heavy atom. The van der Waals surface area contributed by atoms with Crippen molar-refractivity contribution in [1.29, 1.82) is 0 Å². The zero-order valence-electron chi connectivity index (χ0n) is 14.4. The van der Waals surface area contributed by atoms with Crippen LogP contribution in [0, 0.1) is 11.8 Å². The molecular weight excluding hydrogens is 290 g/mol. The van der Waals surface area contributed by atoms with Crippen molar-refractivity contribution < 1.29 is 14.6 Å². The van der Waals surface area contributed by atoms with E-state index in [2.05, 4.69) is 12.2 Å². The van der Waals surface area contributed by atoms with Crippen molar-refractivity contribution in [2.75, 3.05) is 6.54 Å². The lowest BCUT2D eigenvalue weighted by atomic mass is 9.82. The van der Waals surface area contributed by atoms with Gasteiger partial charge in [0, 0.05) is 12.5 Å². The molecule has 2 N–H and O–H groups in total. The van der Waals surface area contributed by atoms with Gasteiger partial charge in [-0.1, -0.05) is 31.9 Å². The summed E-state index contributed by atoms with van der Waals surface area (Å²) in [5.74, 6) is 1.53. The van der Waals surface area contributed by atoms with Crippen LogP contribution in [0.2, 0.25) is 0 Å². The third-order valence-electron chi connectivity index (χ3n) is 4.39. The summed E-state index contributed by atoms with van der Waals surface area (Å²) < 4.78 is 5.64. The Balaban J connectivity index is 1.86. The number of rotatable bonds is 6. The van der Waals surface area contributed by atoms with Gasteiger partial charge in [-0.2, -0.15) is 0 Å². The van der Waals surface area contributed by atoms with E-state index >= 15 is 0 Å². The van der Waals surface area contributed by atoms with Gasteiger partial charge in [-0.05, 0) is 50.3 Å². The highest BCUT2D eigenvalue weighted by atomic mass is 16.5. The van der Waals surface area contributed by atoms with E-state index < -0.39 is 6.10 Å². The summed E-state index contributed by atoms with van der Waals surface area (Å²) in [6.07, 6.45) is 3.64. The second-order valence-corrected chi connectivity index (χ2v) is 6.97. The lowest BCUT2D eigenvalue weighted by Crippen LogP contribution is -2.35. The van der Waals surface area contributed by atoms with E-state index in [-0.39, 0.29) is 24.5 Å². The number of hydrogen-bond donors (Lipinski definition) is 2. The highest BCUT2D eigenvalue weighted by molar-refractivity contribution is 5.78. The molecule has 3 atom stereocenters.